The number of halogens is 1. The van der Waals surface area contributed by atoms with Crippen LogP contribution in [-0.2, 0) is 11.3 Å². The minimum absolute atomic E-state index is 0.0208. The first-order chi connectivity index (χ1) is 16.2. The molecule has 3 heterocycles. The molecule has 0 bridgehead atoms. The zero-order chi connectivity index (χ0) is 22.4. The van der Waals surface area contributed by atoms with Crippen molar-refractivity contribution in [3.8, 4) is 5.75 Å². The van der Waals surface area contributed by atoms with E-state index in [0.717, 1.165) is 44.4 Å². The van der Waals surface area contributed by atoms with Crippen LogP contribution in [0.3, 0.4) is 0 Å². The molecule has 164 valence electrons. The van der Waals surface area contributed by atoms with E-state index in [1.807, 2.05) is 48.5 Å². The number of hydrogen-bond acceptors (Lipinski definition) is 4. The number of carbonyl (C=O) groups excluding carboxylic acids is 1. The number of ether oxygens (including phenoxy) is 1. The number of carbonyl (C=O) groups is 1. The third-order valence-electron chi connectivity index (χ3n) is 6.17. The van der Waals surface area contributed by atoms with Crippen LogP contribution in [0.25, 0.3) is 33.1 Å². The zero-order valence-corrected chi connectivity index (χ0v) is 18.5. The SMILES string of the molecule is O=C(CCn1c2ccccc2c2nc3ccccc3nc21)NC1CCOc2ccc(Cl)cc21. The van der Waals surface area contributed by atoms with E-state index >= 15 is 0 Å². The molecule has 1 aliphatic heterocycles. The number of hydrogen-bond donors (Lipinski definition) is 1. The van der Waals surface area contributed by atoms with E-state index in [2.05, 4.69) is 22.0 Å². The van der Waals surface area contributed by atoms with Gasteiger partial charge in [0.15, 0.2) is 5.65 Å². The van der Waals surface area contributed by atoms with E-state index < -0.39 is 0 Å². The molecule has 2 aromatic heterocycles. The van der Waals surface area contributed by atoms with Crippen molar-refractivity contribution in [3.05, 3.63) is 77.3 Å². The fourth-order valence-electron chi connectivity index (χ4n) is 4.60. The lowest BCUT2D eigenvalue weighted by atomic mass is 10.0. The van der Waals surface area contributed by atoms with Crippen molar-refractivity contribution in [2.24, 2.45) is 0 Å². The number of rotatable bonds is 4. The molecule has 1 N–H and O–H groups in total. The standard InChI is InChI=1S/C26H21ClN4O2/c27-16-9-10-23-18(15-16)19(12-14-33-23)28-24(32)11-13-31-22-8-4-1-5-17(22)25-26(31)30-21-7-3-2-6-20(21)29-25/h1-10,15,19H,11-14H2,(H,28,32). The third kappa shape index (κ3) is 3.56. The summed E-state index contributed by atoms with van der Waals surface area (Å²) in [7, 11) is 0. The highest BCUT2D eigenvalue weighted by molar-refractivity contribution is 6.30. The van der Waals surface area contributed by atoms with Crippen molar-refractivity contribution in [2.45, 2.75) is 25.4 Å². The lowest BCUT2D eigenvalue weighted by molar-refractivity contribution is -0.122. The molecule has 0 saturated heterocycles. The van der Waals surface area contributed by atoms with Crippen LogP contribution in [0.15, 0.2) is 66.7 Å². The molecule has 1 aliphatic rings. The summed E-state index contributed by atoms with van der Waals surface area (Å²) in [6.07, 6.45) is 1.04. The van der Waals surface area contributed by atoms with Crippen LogP contribution in [0, 0.1) is 0 Å². The first-order valence-corrected chi connectivity index (χ1v) is 11.4. The van der Waals surface area contributed by atoms with E-state index in [9.17, 15) is 4.79 Å². The summed E-state index contributed by atoms with van der Waals surface area (Å²) in [6, 6.07) is 21.4. The van der Waals surface area contributed by atoms with Gasteiger partial charge in [-0.05, 0) is 36.4 Å². The summed E-state index contributed by atoms with van der Waals surface area (Å²) in [5.41, 5.74) is 5.32. The average molecular weight is 457 g/mol. The Morgan fingerprint density at radius 1 is 1.06 bits per heavy atom. The Morgan fingerprint density at radius 2 is 1.85 bits per heavy atom. The number of benzene rings is 3. The largest absolute Gasteiger partial charge is 0.493 e. The molecular formula is C26H21ClN4O2. The predicted octanol–water partition coefficient (Wildman–Crippen LogP) is 5.42. The van der Waals surface area contributed by atoms with Gasteiger partial charge < -0.3 is 14.6 Å². The monoisotopic (exact) mass is 456 g/mol. The van der Waals surface area contributed by atoms with Crippen LogP contribution in [0.1, 0.15) is 24.4 Å². The molecule has 6 rings (SSSR count). The number of nitrogens with zero attached hydrogens (tertiary/aromatic N) is 3. The number of aromatic nitrogens is 3. The first-order valence-electron chi connectivity index (χ1n) is 11.0. The van der Waals surface area contributed by atoms with Crippen LogP contribution < -0.4 is 10.1 Å². The highest BCUT2D eigenvalue weighted by Gasteiger charge is 2.23. The summed E-state index contributed by atoms with van der Waals surface area (Å²) in [5.74, 6) is 0.757. The lowest BCUT2D eigenvalue weighted by Gasteiger charge is -2.27. The Labute approximate surface area is 195 Å². The molecule has 1 atom stereocenters. The Bertz CT molecular complexity index is 1530. The van der Waals surface area contributed by atoms with Crippen molar-refractivity contribution < 1.29 is 9.53 Å². The minimum Gasteiger partial charge on any atom is -0.493 e. The molecule has 1 amide bonds. The van der Waals surface area contributed by atoms with Gasteiger partial charge in [0.1, 0.15) is 11.3 Å². The highest BCUT2D eigenvalue weighted by Crippen LogP contribution is 2.34. The molecule has 3 aromatic carbocycles. The maximum absolute atomic E-state index is 13.0. The number of para-hydroxylation sites is 3. The number of nitrogens with one attached hydrogen (secondary N) is 1. The fourth-order valence-corrected chi connectivity index (χ4v) is 4.78. The molecule has 0 spiro atoms. The molecular weight excluding hydrogens is 436 g/mol. The second-order valence-electron chi connectivity index (χ2n) is 8.24. The van der Waals surface area contributed by atoms with Gasteiger partial charge in [-0.2, -0.15) is 0 Å². The van der Waals surface area contributed by atoms with E-state index in [1.165, 1.54) is 0 Å². The molecule has 0 saturated carbocycles. The summed E-state index contributed by atoms with van der Waals surface area (Å²) in [4.78, 5) is 22.7. The Morgan fingerprint density at radius 3 is 2.73 bits per heavy atom. The van der Waals surface area contributed by atoms with Crippen molar-refractivity contribution in [1.82, 2.24) is 19.9 Å². The summed E-state index contributed by atoms with van der Waals surface area (Å²) < 4.78 is 7.81. The van der Waals surface area contributed by atoms with E-state index in [1.54, 1.807) is 6.07 Å². The van der Waals surface area contributed by atoms with E-state index in [-0.39, 0.29) is 11.9 Å². The molecule has 0 radical (unpaired) electrons. The molecule has 0 fully saturated rings. The van der Waals surface area contributed by atoms with Gasteiger partial charge in [0.05, 0.1) is 29.2 Å². The summed E-state index contributed by atoms with van der Waals surface area (Å²) >= 11 is 6.18. The Kier molecular flexibility index (Phi) is 4.88. The fraction of sp³-hybridized carbons (Fsp3) is 0.192. The van der Waals surface area contributed by atoms with Crippen molar-refractivity contribution >= 4 is 50.6 Å². The van der Waals surface area contributed by atoms with Crippen LogP contribution in [-0.4, -0.2) is 27.0 Å². The van der Waals surface area contributed by atoms with Gasteiger partial charge in [-0.25, -0.2) is 9.97 Å². The van der Waals surface area contributed by atoms with E-state index in [4.69, 9.17) is 26.3 Å². The second-order valence-corrected chi connectivity index (χ2v) is 8.68. The quantitative estimate of drug-likeness (QED) is 0.392. The van der Waals surface area contributed by atoms with Crippen molar-refractivity contribution in [1.29, 1.82) is 0 Å². The molecule has 0 aliphatic carbocycles. The minimum atomic E-state index is -0.109. The van der Waals surface area contributed by atoms with Crippen LogP contribution in [0.4, 0.5) is 0 Å². The maximum atomic E-state index is 13.0. The Balaban J connectivity index is 1.30. The van der Waals surface area contributed by atoms with Gasteiger partial charge in [-0.1, -0.05) is 41.9 Å². The highest BCUT2D eigenvalue weighted by atomic mass is 35.5. The van der Waals surface area contributed by atoms with Gasteiger partial charge in [-0.15, -0.1) is 0 Å². The zero-order valence-electron chi connectivity index (χ0n) is 17.8. The second kappa shape index (κ2) is 8.05. The smallest absolute Gasteiger partial charge is 0.222 e. The predicted molar refractivity (Wildman–Crippen MR) is 130 cm³/mol. The lowest BCUT2D eigenvalue weighted by Crippen LogP contribution is -2.32. The molecule has 6 nitrogen and oxygen atoms in total. The van der Waals surface area contributed by atoms with Crippen molar-refractivity contribution in [3.63, 3.8) is 0 Å². The van der Waals surface area contributed by atoms with E-state index in [0.29, 0.717) is 31.0 Å². The van der Waals surface area contributed by atoms with Gasteiger partial charge in [-0.3, -0.25) is 4.79 Å². The Hall–Kier alpha value is -3.64. The maximum Gasteiger partial charge on any atom is 0.222 e. The number of aryl methyl sites for hydroxylation is 1. The molecule has 7 heteroatoms. The van der Waals surface area contributed by atoms with Crippen LogP contribution >= 0.6 is 11.6 Å². The van der Waals surface area contributed by atoms with Crippen molar-refractivity contribution in [2.75, 3.05) is 6.61 Å². The van der Waals surface area contributed by atoms with Gasteiger partial charge >= 0.3 is 0 Å². The first kappa shape index (κ1) is 20.0. The van der Waals surface area contributed by atoms with Gasteiger partial charge in [0.2, 0.25) is 5.91 Å². The number of fused-ring (bicyclic) bond motifs is 5. The molecule has 1 unspecified atom stereocenters. The summed E-state index contributed by atoms with van der Waals surface area (Å²) in [5, 5.41) is 4.84. The topological polar surface area (TPSA) is 69.0 Å². The van der Waals surface area contributed by atoms with Gasteiger partial charge in [0.25, 0.3) is 0 Å². The molecule has 5 aromatic rings. The number of amides is 1. The average Bonchev–Trinajstić information content (AvgIpc) is 3.14. The van der Waals surface area contributed by atoms with Crippen LogP contribution in [0.5, 0.6) is 5.75 Å². The van der Waals surface area contributed by atoms with Gasteiger partial charge in [0, 0.05) is 35.4 Å². The third-order valence-corrected chi connectivity index (χ3v) is 6.40. The normalized spacial score (nSPS) is 15.5. The summed E-state index contributed by atoms with van der Waals surface area (Å²) in [6.45, 7) is 1.07. The molecule has 33 heavy (non-hydrogen) atoms. The van der Waals surface area contributed by atoms with Crippen LogP contribution in [0.2, 0.25) is 5.02 Å².